The number of carbonyl (C=O) groups excluding carboxylic acids is 1. The first-order valence-electron chi connectivity index (χ1n) is 6.23. The minimum atomic E-state index is -3.68. The molecular formula is C12H22ClN3O4S. The van der Waals surface area contributed by atoms with E-state index in [1.165, 1.54) is 20.2 Å². The molecule has 1 unspecified atom stereocenters. The van der Waals surface area contributed by atoms with Gasteiger partial charge in [-0.1, -0.05) is 0 Å². The van der Waals surface area contributed by atoms with E-state index in [0.29, 0.717) is 13.0 Å². The van der Waals surface area contributed by atoms with Crippen molar-refractivity contribution < 1.29 is 17.6 Å². The number of furan rings is 1. The summed E-state index contributed by atoms with van der Waals surface area (Å²) in [5.74, 6) is -0.101. The zero-order chi connectivity index (χ0) is 15.5. The van der Waals surface area contributed by atoms with Gasteiger partial charge in [-0.3, -0.25) is 4.79 Å². The quantitative estimate of drug-likeness (QED) is 0.794. The number of hydrogen-bond acceptors (Lipinski definition) is 5. The number of nitrogens with one attached hydrogen (secondary N) is 1. The second-order valence-electron chi connectivity index (χ2n) is 4.84. The molecule has 0 spiro atoms. The molecule has 0 aliphatic rings. The van der Waals surface area contributed by atoms with E-state index < -0.39 is 10.0 Å². The molecule has 7 nitrogen and oxygen atoms in total. The van der Waals surface area contributed by atoms with Gasteiger partial charge in [0, 0.05) is 32.7 Å². The molecule has 0 fully saturated rings. The van der Waals surface area contributed by atoms with Crippen molar-refractivity contribution in [1.29, 1.82) is 0 Å². The van der Waals surface area contributed by atoms with Crippen molar-refractivity contribution in [1.82, 2.24) is 9.62 Å². The topological polar surface area (TPSA) is 106 Å². The van der Waals surface area contributed by atoms with E-state index in [1.54, 1.807) is 6.92 Å². The van der Waals surface area contributed by atoms with Crippen LogP contribution in [-0.4, -0.2) is 45.3 Å². The molecule has 1 heterocycles. The Kier molecular flexibility index (Phi) is 7.38. The van der Waals surface area contributed by atoms with Crippen molar-refractivity contribution in [3.8, 4) is 0 Å². The summed E-state index contributed by atoms with van der Waals surface area (Å²) in [7, 11) is -0.883. The SMILES string of the molecule is Cc1oc(S(=O)(=O)N(C)C)cc1C(=O)NCCC(C)N.Cl. The van der Waals surface area contributed by atoms with Gasteiger partial charge >= 0.3 is 0 Å². The van der Waals surface area contributed by atoms with Crippen LogP contribution in [-0.2, 0) is 10.0 Å². The van der Waals surface area contributed by atoms with Crippen molar-refractivity contribution in [3.63, 3.8) is 0 Å². The summed E-state index contributed by atoms with van der Waals surface area (Å²) in [6, 6.07) is 1.23. The minimum absolute atomic E-state index is 0. The van der Waals surface area contributed by atoms with E-state index in [0.717, 1.165) is 4.31 Å². The van der Waals surface area contributed by atoms with Crippen LogP contribution in [0, 0.1) is 6.92 Å². The molecule has 0 radical (unpaired) electrons. The molecule has 9 heteroatoms. The Morgan fingerprint density at radius 1 is 1.48 bits per heavy atom. The molecule has 0 saturated heterocycles. The normalized spacial score (nSPS) is 12.9. The highest BCUT2D eigenvalue weighted by atomic mass is 35.5. The molecule has 1 aromatic heterocycles. The fourth-order valence-corrected chi connectivity index (χ4v) is 2.35. The third kappa shape index (κ3) is 4.99. The fraction of sp³-hybridized carbons (Fsp3) is 0.583. The molecule has 1 rings (SSSR count). The van der Waals surface area contributed by atoms with E-state index in [1.807, 2.05) is 6.92 Å². The Bertz CT molecular complexity index is 581. The Hall–Kier alpha value is -1.09. The number of nitrogens with zero attached hydrogens (tertiary/aromatic N) is 1. The Morgan fingerprint density at radius 2 is 2.05 bits per heavy atom. The van der Waals surface area contributed by atoms with E-state index in [9.17, 15) is 13.2 Å². The van der Waals surface area contributed by atoms with Crippen LogP contribution in [0.3, 0.4) is 0 Å². The van der Waals surface area contributed by atoms with Crippen LogP contribution < -0.4 is 11.1 Å². The van der Waals surface area contributed by atoms with Crippen LogP contribution in [0.4, 0.5) is 0 Å². The average Bonchev–Trinajstić information content (AvgIpc) is 2.71. The standard InChI is InChI=1S/C12H21N3O4S.ClH/c1-8(13)5-6-14-12(16)10-7-11(19-9(10)2)20(17,18)15(3)4;/h7-8H,5-6,13H2,1-4H3,(H,14,16);1H. The second-order valence-corrected chi connectivity index (χ2v) is 6.93. The number of rotatable bonds is 6. The van der Waals surface area contributed by atoms with Gasteiger partial charge in [0.2, 0.25) is 5.09 Å². The molecule has 0 aromatic carbocycles. The fourth-order valence-electron chi connectivity index (χ4n) is 1.50. The van der Waals surface area contributed by atoms with Crippen LogP contribution in [0.5, 0.6) is 0 Å². The maximum Gasteiger partial charge on any atom is 0.275 e. The molecule has 1 amide bonds. The zero-order valence-electron chi connectivity index (χ0n) is 12.5. The predicted molar refractivity (Wildman–Crippen MR) is 82.2 cm³/mol. The van der Waals surface area contributed by atoms with Gasteiger partial charge < -0.3 is 15.5 Å². The highest BCUT2D eigenvalue weighted by Crippen LogP contribution is 2.21. The smallest absolute Gasteiger partial charge is 0.275 e. The number of halogens is 1. The third-order valence-electron chi connectivity index (χ3n) is 2.76. The maximum absolute atomic E-state index is 11.9. The highest BCUT2D eigenvalue weighted by Gasteiger charge is 2.25. The van der Waals surface area contributed by atoms with E-state index in [-0.39, 0.29) is 40.8 Å². The largest absolute Gasteiger partial charge is 0.448 e. The predicted octanol–water partition coefficient (Wildman–Crippen LogP) is 0.727. The zero-order valence-corrected chi connectivity index (χ0v) is 14.2. The molecule has 1 aromatic rings. The van der Waals surface area contributed by atoms with Crippen molar-refractivity contribution in [2.24, 2.45) is 5.73 Å². The molecule has 0 aliphatic heterocycles. The van der Waals surface area contributed by atoms with Crippen LogP contribution in [0.15, 0.2) is 15.6 Å². The summed E-state index contributed by atoms with van der Waals surface area (Å²) in [5, 5.41) is 2.44. The monoisotopic (exact) mass is 339 g/mol. The van der Waals surface area contributed by atoms with Gasteiger partial charge in [-0.05, 0) is 20.3 Å². The molecule has 21 heavy (non-hydrogen) atoms. The van der Waals surface area contributed by atoms with Crippen LogP contribution in [0.2, 0.25) is 0 Å². The van der Waals surface area contributed by atoms with Gasteiger partial charge in [0.05, 0.1) is 5.56 Å². The number of nitrogens with two attached hydrogens (primary N) is 1. The van der Waals surface area contributed by atoms with Crippen molar-refractivity contribution >= 4 is 28.3 Å². The Morgan fingerprint density at radius 3 is 2.52 bits per heavy atom. The maximum atomic E-state index is 11.9. The highest BCUT2D eigenvalue weighted by molar-refractivity contribution is 7.88. The minimum Gasteiger partial charge on any atom is -0.448 e. The van der Waals surface area contributed by atoms with Gasteiger partial charge in [-0.15, -0.1) is 12.4 Å². The summed E-state index contributed by atoms with van der Waals surface area (Å²) in [6.07, 6.45) is 0.644. The lowest BCUT2D eigenvalue weighted by molar-refractivity contribution is 0.0951. The summed E-state index contributed by atoms with van der Waals surface area (Å²) >= 11 is 0. The number of amides is 1. The summed E-state index contributed by atoms with van der Waals surface area (Å²) in [5.41, 5.74) is 5.80. The van der Waals surface area contributed by atoms with Crippen LogP contribution >= 0.6 is 12.4 Å². The Labute approximate surface area is 131 Å². The second kappa shape index (κ2) is 7.79. The molecule has 3 N–H and O–H groups in total. The molecule has 0 aliphatic carbocycles. The van der Waals surface area contributed by atoms with Gasteiger partial charge in [0.25, 0.3) is 15.9 Å². The van der Waals surface area contributed by atoms with Crippen molar-refractivity contribution in [2.75, 3.05) is 20.6 Å². The molecule has 0 bridgehead atoms. The van der Waals surface area contributed by atoms with Gasteiger partial charge in [-0.2, -0.15) is 0 Å². The van der Waals surface area contributed by atoms with Crippen LogP contribution in [0.25, 0.3) is 0 Å². The first kappa shape index (κ1) is 19.9. The number of hydrogen-bond donors (Lipinski definition) is 2. The van der Waals surface area contributed by atoms with Gasteiger partial charge in [0.1, 0.15) is 5.76 Å². The van der Waals surface area contributed by atoms with E-state index in [4.69, 9.17) is 10.2 Å². The molecule has 0 saturated carbocycles. The first-order valence-corrected chi connectivity index (χ1v) is 7.67. The lowest BCUT2D eigenvalue weighted by atomic mass is 10.2. The average molecular weight is 340 g/mol. The molecule has 1 atom stereocenters. The van der Waals surface area contributed by atoms with E-state index >= 15 is 0 Å². The number of aryl methyl sites for hydroxylation is 1. The van der Waals surface area contributed by atoms with Gasteiger partial charge in [-0.25, -0.2) is 12.7 Å². The number of carbonyl (C=O) groups is 1. The van der Waals surface area contributed by atoms with Crippen LogP contribution in [0.1, 0.15) is 29.5 Å². The molecular weight excluding hydrogens is 318 g/mol. The summed E-state index contributed by atoms with van der Waals surface area (Å²) in [6.45, 7) is 3.82. The van der Waals surface area contributed by atoms with Crippen molar-refractivity contribution in [2.45, 2.75) is 31.4 Å². The number of sulfonamides is 1. The Balaban J connectivity index is 0.00000400. The lowest BCUT2D eigenvalue weighted by Gasteiger charge is -2.07. The van der Waals surface area contributed by atoms with Crippen molar-refractivity contribution in [3.05, 3.63) is 17.4 Å². The molecule has 122 valence electrons. The summed E-state index contributed by atoms with van der Waals surface area (Å²) in [4.78, 5) is 11.9. The first-order chi connectivity index (χ1) is 9.16. The van der Waals surface area contributed by atoms with Gasteiger partial charge in [0.15, 0.2) is 0 Å². The lowest BCUT2D eigenvalue weighted by Crippen LogP contribution is -2.29. The summed E-state index contributed by atoms with van der Waals surface area (Å²) < 4.78 is 30.0. The van der Waals surface area contributed by atoms with E-state index in [2.05, 4.69) is 5.32 Å². The third-order valence-corrected chi connectivity index (χ3v) is 4.43.